The molecule has 9 heteroatoms. The van der Waals surface area contributed by atoms with Crippen LogP contribution in [0.3, 0.4) is 0 Å². The highest BCUT2D eigenvalue weighted by Gasteiger charge is 2.57. The Balaban J connectivity index is 1.50. The Bertz CT molecular complexity index is 1590. The van der Waals surface area contributed by atoms with Gasteiger partial charge in [0.1, 0.15) is 0 Å². The van der Waals surface area contributed by atoms with Crippen LogP contribution in [0, 0.1) is 30.5 Å². The number of carbonyl (C=O) groups is 4. The summed E-state index contributed by atoms with van der Waals surface area (Å²) < 4.78 is 14.6. The third-order valence-electron chi connectivity index (χ3n) is 8.07. The van der Waals surface area contributed by atoms with Crippen molar-refractivity contribution in [2.24, 2.45) is 17.8 Å². The number of imide groups is 1. The van der Waals surface area contributed by atoms with E-state index < -0.39 is 52.7 Å². The van der Waals surface area contributed by atoms with E-state index in [2.05, 4.69) is 15.9 Å². The number of anilines is 1. The number of para-hydroxylation sites is 1. The zero-order valence-corrected chi connectivity index (χ0v) is 22.3. The van der Waals surface area contributed by atoms with Crippen LogP contribution < -0.4 is 4.90 Å². The molecule has 6 rings (SSSR count). The number of ketones is 2. The summed E-state index contributed by atoms with van der Waals surface area (Å²) in [5.41, 5.74) is 2.31. The van der Waals surface area contributed by atoms with Gasteiger partial charge in [0.15, 0.2) is 23.1 Å². The van der Waals surface area contributed by atoms with E-state index in [-0.39, 0.29) is 39.9 Å². The second-order valence-electron chi connectivity index (χ2n) is 10.0. The molecule has 3 aliphatic carbocycles. The second kappa shape index (κ2) is 8.85. The Morgan fingerprint density at radius 1 is 1.08 bits per heavy atom. The molecule has 1 fully saturated rings. The number of allylic oxidation sites excluding steroid dienone is 6. The maximum atomic E-state index is 14.5. The van der Waals surface area contributed by atoms with Crippen molar-refractivity contribution in [1.82, 2.24) is 0 Å². The highest BCUT2D eigenvalue weighted by Crippen LogP contribution is 2.56. The van der Waals surface area contributed by atoms with E-state index >= 15 is 0 Å². The number of hydrogen-bond donors (Lipinski definition) is 1. The summed E-state index contributed by atoms with van der Waals surface area (Å²) in [5, 5.41) is 11.1. The van der Waals surface area contributed by atoms with Crippen LogP contribution in [-0.2, 0) is 19.2 Å². The molecule has 0 aromatic heterocycles. The fourth-order valence-corrected chi connectivity index (χ4v) is 6.92. The summed E-state index contributed by atoms with van der Waals surface area (Å²) in [6, 6.07) is 9.03. The second-order valence-corrected chi connectivity index (χ2v) is 11.3. The fourth-order valence-electron chi connectivity index (χ4n) is 6.30. The Labute approximate surface area is 230 Å². The summed E-state index contributed by atoms with van der Waals surface area (Å²) >= 11 is 9.45. The van der Waals surface area contributed by atoms with Gasteiger partial charge in [0.2, 0.25) is 11.8 Å². The van der Waals surface area contributed by atoms with Crippen molar-refractivity contribution in [2.45, 2.75) is 25.7 Å². The van der Waals surface area contributed by atoms with E-state index in [0.717, 1.165) is 16.5 Å². The summed E-state index contributed by atoms with van der Waals surface area (Å²) in [7, 11) is 0. The Morgan fingerprint density at radius 3 is 2.58 bits per heavy atom. The Morgan fingerprint density at radius 2 is 1.84 bits per heavy atom. The van der Waals surface area contributed by atoms with E-state index in [0.29, 0.717) is 16.3 Å². The molecular weight excluding hydrogens is 577 g/mol. The van der Waals surface area contributed by atoms with Crippen LogP contribution in [0.4, 0.5) is 10.1 Å². The molecule has 1 saturated heterocycles. The molecule has 0 unspecified atom stereocenters. The molecule has 1 heterocycles. The largest absolute Gasteiger partial charge is 0.505 e. The lowest BCUT2D eigenvalue weighted by Crippen LogP contribution is -2.39. The number of halogens is 3. The quantitative estimate of drug-likeness (QED) is 0.283. The molecule has 2 aromatic carbocycles. The van der Waals surface area contributed by atoms with Crippen LogP contribution in [0.5, 0.6) is 5.75 Å². The lowest BCUT2D eigenvalue weighted by atomic mass is 9.59. The van der Waals surface area contributed by atoms with Crippen molar-refractivity contribution in [3.05, 3.63) is 91.7 Å². The predicted octanol–water partition coefficient (Wildman–Crippen LogP) is 5.46. The molecule has 2 amide bonds. The minimum Gasteiger partial charge on any atom is -0.505 e. The molecule has 4 aliphatic rings. The van der Waals surface area contributed by atoms with Gasteiger partial charge in [-0.15, -0.1) is 0 Å². The highest BCUT2D eigenvalue weighted by molar-refractivity contribution is 9.12. The van der Waals surface area contributed by atoms with E-state index in [4.69, 9.17) is 11.6 Å². The van der Waals surface area contributed by atoms with E-state index in [1.54, 1.807) is 18.2 Å². The molecule has 0 radical (unpaired) electrons. The SMILES string of the molecule is Cc1ccc(N2C(=O)[C@H]3[C@H](CC=C4[C@H](c5cccc(F)c5O)C5=C(C[C@H]43)C(=O)C(Br)=CC5=O)C2=O)cc1Cl. The molecule has 0 bridgehead atoms. The van der Waals surface area contributed by atoms with Crippen LogP contribution in [-0.4, -0.2) is 28.5 Å². The smallest absolute Gasteiger partial charge is 0.238 e. The van der Waals surface area contributed by atoms with Gasteiger partial charge >= 0.3 is 0 Å². The topological polar surface area (TPSA) is 91.8 Å². The fraction of sp³-hybridized carbons (Fsp3) is 0.241. The third-order valence-corrected chi connectivity index (χ3v) is 9.07. The van der Waals surface area contributed by atoms with E-state index in [9.17, 15) is 28.7 Å². The molecule has 0 saturated carbocycles. The van der Waals surface area contributed by atoms with Crippen LogP contribution >= 0.6 is 27.5 Å². The number of hydrogen-bond acceptors (Lipinski definition) is 5. The average Bonchev–Trinajstić information content (AvgIpc) is 3.14. The van der Waals surface area contributed by atoms with Crippen molar-refractivity contribution >= 4 is 56.6 Å². The monoisotopic (exact) mass is 595 g/mol. The Kier molecular flexibility index (Phi) is 5.81. The number of benzene rings is 2. The molecule has 4 atom stereocenters. The summed E-state index contributed by atoms with van der Waals surface area (Å²) in [5.74, 6) is -6.05. The van der Waals surface area contributed by atoms with Crippen molar-refractivity contribution < 1.29 is 28.7 Å². The van der Waals surface area contributed by atoms with E-state index in [1.807, 2.05) is 13.0 Å². The number of phenolic OH excluding ortho intramolecular Hbond substituents is 1. The van der Waals surface area contributed by atoms with Gasteiger partial charge in [0, 0.05) is 33.7 Å². The minimum atomic E-state index is -0.931. The van der Waals surface area contributed by atoms with Gasteiger partial charge in [-0.3, -0.25) is 19.2 Å². The van der Waals surface area contributed by atoms with Crippen molar-refractivity contribution in [1.29, 1.82) is 0 Å². The van der Waals surface area contributed by atoms with E-state index in [1.165, 1.54) is 18.2 Å². The number of phenols is 1. The van der Waals surface area contributed by atoms with Crippen molar-refractivity contribution in [3.63, 3.8) is 0 Å². The summed E-state index contributed by atoms with van der Waals surface area (Å²) in [6.45, 7) is 1.82. The summed E-state index contributed by atoms with van der Waals surface area (Å²) in [6.07, 6.45) is 3.30. The normalized spacial score (nSPS) is 26.7. The molecule has 2 aromatic rings. The number of fused-ring (bicyclic) bond motifs is 3. The molecular formula is C29H20BrClFNO5. The molecule has 6 nitrogen and oxygen atoms in total. The number of nitrogens with zero attached hydrogens (tertiary/aromatic N) is 1. The van der Waals surface area contributed by atoms with Gasteiger partial charge in [-0.05, 0) is 65.4 Å². The number of rotatable bonds is 2. The third kappa shape index (κ3) is 3.50. The minimum absolute atomic E-state index is 0.0734. The maximum Gasteiger partial charge on any atom is 0.238 e. The lowest BCUT2D eigenvalue weighted by Gasteiger charge is -2.42. The van der Waals surface area contributed by atoms with Gasteiger partial charge in [0.05, 0.1) is 22.0 Å². The predicted molar refractivity (Wildman–Crippen MR) is 141 cm³/mol. The van der Waals surface area contributed by atoms with Gasteiger partial charge < -0.3 is 5.11 Å². The summed E-state index contributed by atoms with van der Waals surface area (Å²) in [4.78, 5) is 55.0. The number of aryl methyl sites for hydroxylation is 1. The highest BCUT2D eigenvalue weighted by atomic mass is 79.9. The zero-order valence-electron chi connectivity index (χ0n) is 20.0. The average molecular weight is 597 g/mol. The van der Waals surface area contributed by atoms with Gasteiger partial charge in [-0.2, -0.15) is 0 Å². The van der Waals surface area contributed by atoms with Crippen LogP contribution in [0.2, 0.25) is 5.02 Å². The van der Waals surface area contributed by atoms with Crippen LogP contribution in [0.25, 0.3) is 0 Å². The van der Waals surface area contributed by atoms with Gasteiger partial charge in [-0.25, -0.2) is 9.29 Å². The standard InChI is InChI=1S/C29H20BrClFNO5/c1-12-5-6-13(9-20(12)31)33-28(37)16-8-7-14-17(24(16)29(33)38)10-18-25(22(34)11-19(30)26(18)35)23(14)15-3-2-4-21(32)27(15)36/h2-7,9,11,16-17,23-24,36H,8,10H2,1H3/t16-,17+,23+,24-/m0/s1. The van der Waals surface area contributed by atoms with Gasteiger partial charge in [-0.1, -0.05) is 41.4 Å². The first kappa shape index (κ1) is 24.9. The number of carbonyl (C=O) groups excluding carboxylic acids is 4. The molecule has 38 heavy (non-hydrogen) atoms. The van der Waals surface area contributed by atoms with Crippen molar-refractivity contribution in [3.8, 4) is 5.75 Å². The van der Waals surface area contributed by atoms with Gasteiger partial charge in [0.25, 0.3) is 0 Å². The Hall–Kier alpha value is -3.36. The zero-order chi connectivity index (χ0) is 27.0. The first-order chi connectivity index (χ1) is 18.1. The molecule has 1 aliphatic heterocycles. The first-order valence-corrected chi connectivity index (χ1v) is 13.3. The number of amides is 2. The molecule has 0 spiro atoms. The molecule has 192 valence electrons. The van der Waals surface area contributed by atoms with Crippen molar-refractivity contribution in [2.75, 3.05) is 4.90 Å². The van der Waals surface area contributed by atoms with Crippen LogP contribution in [0.1, 0.15) is 29.9 Å². The maximum absolute atomic E-state index is 14.5. The number of aromatic hydroxyl groups is 1. The first-order valence-electron chi connectivity index (χ1n) is 12.1. The molecule has 1 N–H and O–H groups in total. The number of Topliss-reactive ketones (excluding diaryl/α,β-unsaturated/α-hetero) is 1. The van der Waals surface area contributed by atoms with Crippen LogP contribution in [0.15, 0.2) is 69.8 Å². The lowest BCUT2D eigenvalue weighted by molar-refractivity contribution is -0.123.